The zero-order valence-electron chi connectivity index (χ0n) is 20.6. The predicted octanol–water partition coefficient (Wildman–Crippen LogP) is 3.92. The van der Waals surface area contributed by atoms with E-state index >= 15 is 0 Å². The first-order valence-electron chi connectivity index (χ1n) is 12.2. The molecule has 1 aromatic heterocycles. The fraction of sp³-hybridized carbons (Fsp3) is 0.222. The van der Waals surface area contributed by atoms with E-state index in [1.165, 1.54) is 0 Å². The zero-order valence-corrected chi connectivity index (χ0v) is 21.4. The van der Waals surface area contributed by atoms with Crippen molar-refractivity contribution in [2.24, 2.45) is 5.41 Å². The molecule has 2 N–H and O–H groups in total. The lowest BCUT2D eigenvalue weighted by atomic mass is 9.73. The van der Waals surface area contributed by atoms with Gasteiger partial charge in [-0.25, -0.2) is 9.78 Å². The monoisotopic (exact) mass is 527 g/mol. The highest BCUT2D eigenvalue weighted by Gasteiger charge is 2.54. The van der Waals surface area contributed by atoms with Crippen molar-refractivity contribution in [3.63, 3.8) is 0 Å². The standard InChI is InChI=1S/C27H25N7O3S/c1-32(20-10-6-3-7-11-20)22-13-19(12-21-23(35)31-26(37)38-21)28-24(30-22)33-14-27(15-33)16-34(17-27)25(36)29-18-8-4-2-5-9-18/h2-13H,14-17H2,1H3,(H,29,36)(H,31,35,37). The molecule has 0 bridgehead atoms. The Balaban J connectivity index is 1.19. The Hall–Kier alpha value is -4.38. The van der Waals surface area contributed by atoms with E-state index in [9.17, 15) is 14.4 Å². The summed E-state index contributed by atoms with van der Waals surface area (Å²) in [6.07, 6.45) is 1.62. The van der Waals surface area contributed by atoms with E-state index in [2.05, 4.69) is 15.5 Å². The number of amides is 4. The number of imide groups is 1. The number of likely N-dealkylation sites (tertiary alicyclic amines) is 1. The van der Waals surface area contributed by atoms with Crippen molar-refractivity contribution in [2.75, 3.05) is 48.3 Å². The fourth-order valence-electron chi connectivity index (χ4n) is 4.90. The molecule has 0 aliphatic carbocycles. The summed E-state index contributed by atoms with van der Waals surface area (Å²) >= 11 is 0.860. The highest BCUT2D eigenvalue weighted by Crippen LogP contribution is 2.42. The van der Waals surface area contributed by atoms with Crippen molar-refractivity contribution < 1.29 is 14.4 Å². The van der Waals surface area contributed by atoms with Crippen LogP contribution in [-0.4, -0.2) is 65.3 Å². The second kappa shape index (κ2) is 9.49. The van der Waals surface area contributed by atoms with E-state index in [0.29, 0.717) is 35.5 Å². The molecular weight excluding hydrogens is 502 g/mol. The van der Waals surface area contributed by atoms with Crippen molar-refractivity contribution in [2.45, 2.75) is 0 Å². The maximum Gasteiger partial charge on any atom is 0.321 e. The number of rotatable bonds is 5. The minimum absolute atomic E-state index is 0.0188. The average molecular weight is 528 g/mol. The number of nitrogens with one attached hydrogen (secondary N) is 2. The van der Waals surface area contributed by atoms with Gasteiger partial charge in [0.25, 0.3) is 11.1 Å². The van der Waals surface area contributed by atoms with Crippen molar-refractivity contribution >= 4 is 58.2 Å². The van der Waals surface area contributed by atoms with Crippen LogP contribution in [0.1, 0.15) is 5.69 Å². The van der Waals surface area contributed by atoms with Crippen LogP contribution in [0.25, 0.3) is 6.08 Å². The molecule has 38 heavy (non-hydrogen) atoms. The van der Waals surface area contributed by atoms with Gasteiger partial charge >= 0.3 is 6.03 Å². The molecule has 2 aromatic carbocycles. The molecule has 6 rings (SSSR count). The van der Waals surface area contributed by atoms with Crippen LogP contribution in [-0.2, 0) is 4.79 Å². The zero-order chi connectivity index (χ0) is 26.3. The first kappa shape index (κ1) is 24.0. The van der Waals surface area contributed by atoms with E-state index in [1.54, 1.807) is 12.1 Å². The highest BCUT2D eigenvalue weighted by atomic mass is 32.2. The molecule has 0 saturated carbocycles. The first-order valence-corrected chi connectivity index (χ1v) is 13.0. The molecule has 0 unspecified atom stereocenters. The Bertz CT molecular complexity index is 1430. The van der Waals surface area contributed by atoms with E-state index < -0.39 is 11.1 Å². The maximum atomic E-state index is 12.6. The summed E-state index contributed by atoms with van der Waals surface area (Å²) in [5, 5.41) is 4.82. The second-order valence-corrected chi connectivity index (χ2v) is 10.7. The van der Waals surface area contributed by atoms with Crippen LogP contribution in [0.4, 0.5) is 32.7 Å². The lowest BCUT2D eigenvalue weighted by molar-refractivity contribution is -0.115. The van der Waals surface area contributed by atoms with E-state index in [4.69, 9.17) is 9.97 Å². The van der Waals surface area contributed by atoms with Gasteiger partial charge in [-0.2, -0.15) is 4.98 Å². The van der Waals surface area contributed by atoms with Crippen molar-refractivity contribution in [1.29, 1.82) is 0 Å². The van der Waals surface area contributed by atoms with Crippen LogP contribution in [0, 0.1) is 5.41 Å². The molecule has 3 saturated heterocycles. The summed E-state index contributed by atoms with van der Waals surface area (Å²) in [5.74, 6) is 0.787. The topological polar surface area (TPSA) is 111 Å². The quantitative estimate of drug-likeness (QED) is 0.481. The molecule has 0 radical (unpaired) electrons. The van der Waals surface area contributed by atoms with Gasteiger partial charge in [-0.3, -0.25) is 14.9 Å². The molecule has 3 aliphatic rings. The maximum absolute atomic E-state index is 12.6. The molecule has 3 fully saturated rings. The van der Waals surface area contributed by atoms with Crippen LogP contribution >= 0.6 is 11.8 Å². The highest BCUT2D eigenvalue weighted by molar-refractivity contribution is 8.18. The summed E-state index contributed by atoms with van der Waals surface area (Å²) in [7, 11) is 1.92. The molecule has 4 heterocycles. The number of urea groups is 1. The van der Waals surface area contributed by atoms with Gasteiger partial charge in [-0.05, 0) is 42.1 Å². The Morgan fingerprint density at radius 3 is 2.37 bits per heavy atom. The summed E-state index contributed by atoms with van der Waals surface area (Å²) < 4.78 is 0. The number of anilines is 4. The van der Waals surface area contributed by atoms with Crippen LogP contribution in [0.3, 0.4) is 0 Å². The largest absolute Gasteiger partial charge is 0.339 e. The van der Waals surface area contributed by atoms with Crippen molar-refractivity contribution in [3.8, 4) is 0 Å². The number of para-hydroxylation sites is 2. The van der Waals surface area contributed by atoms with Gasteiger partial charge in [0.1, 0.15) is 5.82 Å². The number of nitrogens with zero attached hydrogens (tertiary/aromatic N) is 5. The van der Waals surface area contributed by atoms with Crippen molar-refractivity contribution in [1.82, 2.24) is 20.2 Å². The lowest BCUT2D eigenvalue weighted by Crippen LogP contribution is -2.73. The summed E-state index contributed by atoms with van der Waals surface area (Å²) in [5.41, 5.74) is 2.29. The lowest BCUT2D eigenvalue weighted by Gasteiger charge is -2.59. The van der Waals surface area contributed by atoms with Gasteiger partial charge in [0.05, 0.1) is 10.6 Å². The summed E-state index contributed by atoms with van der Waals surface area (Å²) in [6.45, 7) is 2.79. The normalized spacial score (nSPS) is 18.7. The number of aromatic nitrogens is 2. The Morgan fingerprint density at radius 2 is 1.71 bits per heavy atom. The number of carbonyl (C=O) groups excluding carboxylic acids is 3. The number of hydrogen-bond donors (Lipinski definition) is 2. The van der Waals surface area contributed by atoms with Gasteiger partial charge in [0.2, 0.25) is 5.95 Å². The van der Waals surface area contributed by atoms with E-state index in [1.807, 2.05) is 77.5 Å². The van der Waals surface area contributed by atoms with Gasteiger partial charge < -0.3 is 20.0 Å². The van der Waals surface area contributed by atoms with Crippen LogP contribution < -0.4 is 20.4 Å². The molecule has 3 aliphatic heterocycles. The number of carbonyl (C=O) groups is 3. The molecule has 1 spiro atoms. The third kappa shape index (κ3) is 4.68. The SMILES string of the molecule is CN(c1ccccc1)c1cc(C=C2SC(=O)NC2=O)nc(N2CC3(CN(C(=O)Nc4ccccc4)C3)C2)n1. The van der Waals surface area contributed by atoms with Crippen molar-refractivity contribution in [3.05, 3.63) is 77.3 Å². The van der Waals surface area contributed by atoms with Crippen LogP contribution in [0.5, 0.6) is 0 Å². The summed E-state index contributed by atoms with van der Waals surface area (Å²) in [6, 6.07) is 21.0. The van der Waals surface area contributed by atoms with Gasteiger partial charge in [-0.15, -0.1) is 0 Å². The van der Waals surface area contributed by atoms with Gasteiger partial charge in [0.15, 0.2) is 0 Å². The molecule has 3 aromatic rings. The summed E-state index contributed by atoms with van der Waals surface area (Å²) in [4.78, 5) is 52.0. The molecule has 192 valence electrons. The Kier molecular flexibility index (Phi) is 5.99. The average Bonchev–Trinajstić information content (AvgIpc) is 3.19. The van der Waals surface area contributed by atoms with Crippen LogP contribution in [0.15, 0.2) is 71.6 Å². The molecule has 0 atom stereocenters. The van der Waals surface area contributed by atoms with E-state index in [0.717, 1.165) is 36.2 Å². The third-order valence-electron chi connectivity index (χ3n) is 6.83. The minimum Gasteiger partial charge on any atom is -0.339 e. The van der Waals surface area contributed by atoms with Crippen LogP contribution in [0.2, 0.25) is 0 Å². The van der Waals surface area contributed by atoms with E-state index in [-0.39, 0.29) is 11.4 Å². The fourth-order valence-corrected chi connectivity index (χ4v) is 5.57. The van der Waals surface area contributed by atoms with Gasteiger partial charge in [-0.1, -0.05) is 36.4 Å². The number of thioether (sulfide) groups is 1. The second-order valence-electron chi connectivity index (χ2n) is 9.71. The third-order valence-corrected chi connectivity index (χ3v) is 7.64. The first-order chi connectivity index (χ1) is 18.4. The Labute approximate surface area is 223 Å². The molecule has 10 nitrogen and oxygen atoms in total. The molecular formula is C27H25N7O3S. The molecule has 4 amide bonds. The minimum atomic E-state index is -0.427. The predicted molar refractivity (Wildman–Crippen MR) is 147 cm³/mol. The van der Waals surface area contributed by atoms with Gasteiger partial charge in [0, 0.05) is 56.1 Å². The number of hydrogen-bond acceptors (Lipinski definition) is 8. The smallest absolute Gasteiger partial charge is 0.321 e. The molecule has 11 heteroatoms. The number of benzene rings is 2. The Morgan fingerprint density at radius 1 is 1.03 bits per heavy atom.